The molecule has 0 saturated carbocycles. The second kappa shape index (κ2) is 4.62. The molecule has 0 bridgehead atoms. The first-order chi connectivity index (χ1) is 6.69. The van der Waals surface area contributed by atoms with Crippen molar-refractivity contribution in [2.75, 3.05) is 14.2 Å². The van der Waals surface area contributed by atoms with E-state index in [1.807, 2.05) is 0 Å². The van der Waals surface area contributed by atoms with Crippen molar-refractivity contribution < 1.29 is 19.4 Å². The van der Waals surface area contributed by atoms with Crippen molar-refractivity contribution in [1.82, 2.24) is 0 Å². The van der Waals surface area contributed by atoms with Crippen LogP contribution in [0.4, 0.5) is 0 Å². The van der Waals surface area contributed by atoms with Crippen LogP contribution in [0.5, 0.6) is 5.75 Å². The smallest absolute Gasteiger partial charge is 0.339 e. The predicted octanol–water partition coefficient (Wildman–Crippen LogP) is 0.902. The molecule has 1 aromatic carbocycles. The fourth-order valence-corrected chi connectivity index (χ4v) is 1.03. The van der Waals surface area contributed by atoms with E-state index in [1.54, 1.807) is 31.4 Å². The molecular formula is C10H12O4. The van der Waals surface area contributed by atoms with Gasteiger partial charge in [0, 0.05) is 0 Å². The maximum Gasteiger partial charge on any atom is 0.339 e. The molecule has 0 aliphatic carbocycles. The minimum absolute atomic E-state index is 0.484. The van der Waals surface area contributed by atoms with Crippen molar-refractivity contribution >= 4 is 5.97 Å². The monoisotopic (exact) mass is 196 g/mol. The average Bonchev–Trinajstić information content (AvgIpc) is 2.27. The first kappa shape index (κ1) is 10.5. The van der Waals surface area contributed by atoms with Crippen LogP contribution >= 0.6 is 0 Å². The van der Waals surface area contributed by atoms with E-state index < -0.39 is 12.1 Å². The molecule has 4 heteroatoms. The molecule has 0 unspecified atom stereocenters. The third-order valence-corrected chi connectivity index (χ3v) is 1.86. The summed E-state index contributed by atoms with van der Waals surface area (Å²) < 4.78 is 9.34. The number of aliphatic hydroxyl groups is 1. The molecule has 4 nitrogen and oxygen atoms in total. The normalized spacial score (nSPS) is 11.9. The lowest BCUT2D eigenvalue weighted by Gasteiger charge is -2.08. The van der Waals surface area contributed by atoms with Crippen LogP contribution in [0.15, 0.2) is 24.3 Å². The van der Waals surface area contributed by atoms with Gasteiger partial charge in [-0.1, -0.05) is 12.1 Å². The summed E-state index contributed by atoms with van der Waals surface area (Å²) in [6.45, 7) is 0. The van der Waals surface area contributed by atoms with Crippen LogP contribution in [-0.4, -0.2) is 25.3 Å². The van der Waals surface area contributed by atoms with Gasteiger partial charge in [-0.15, -0.1) is 0 Å². The van der Waals surface area contributed by atoms with E-state index >= 15 is 0 Å². The fourth-order valence-electron chi connectivity index (χ4n) is 1.03. The highest BCUT2D eigenvalue weighted by molar-refractivity contribution is 5.76. The quantitative estimate of drug-likeness (QED) is 0.730. The molecule has 1 aromatic rings. The minimum atomic E-state index is -1.23. The number of methoxy groups -OCH3 is 2. The van der Waals surface area contributed by atoms with Gasteiger partial charge < -0.3 is 14.6 Å². The van der Waals surface area contributed by atoms with Crippen LogP contribution in [0.25, 0.3) is 0 Å². The lowest BCUT2D eigenvalue weighted by molar-refractivity contribution is -0.150. The van der Waals surface area contributed by atoms with Crippen molar-refractivity contribution in [2.45, 2.75) is 6.10 Å². The Morgan fingerprint density at radius 1 is 1.29 bits per heavy atom. The molecule has 1 rings (SSSR count). The van der Waals surface area contributed by atoms with Gasteiger partial charge in [0.05, 0.1) is 14.2 Å². The van der Waals surface area contributed by atoms with E-state index in [2.05, 4.69) is 4.74 Å². The van der Waals surface area contributed by atoms with Gasteiger partial charge in [0.15, 0.2) is 6.10 Å². The zero-order valence-electron chi connectivity index (χ0n) is 8.06. The number of hydrogen-bond donors (Lipinski definition) is 1. The van der Waals surface area contributed by atoms with Crippen LogP contribution in [0.3, 0.4) is 0 Å². The molecule has 76 valence electrons. The maximum absolute atomic E-state index is 11.0. The fraction of sp³-hybridized carbons (Fsp3) is 0.300. The molecule has 0 amide bonds. The van der Waals surface area contributed by atoms with Crippen LogP contribution in [0, 0.1) is 0 Å². The molecule has 0 aliphatic rings. The second-order valence-corrected chi connectivity index (χ2v) is 2.70. The maximum atomic E-state index is 11.0. The molecule has 14 heavy (non-hydrogen) atoms. The molecule has 0 heterocycles. The molecule has 0 spiro atoms. The van der Waals surface area contributed by atoms with Crippen molar-refractivity contribution in [2.24, 2.45) is 0 Å². The van der Waals surface area contributed by atoms with E-state index in [9.17, 15) is 9.90 Å². The minimum Gasteiger partial charge on any atom is -0.497 e. The summed E-state index contributed by atoms with van der Waals surface area (Å²) in [7, 11) is 2.78. The van der Waals surface area contributed by atoms with Crippen molar-refractivity contribution in [1.29, 1.82) is 0 Å². The van der Waals surface area contributed by atoms with E-state index in [4.69, 9.17) is 4.74 Å². The lowest BCUT2D eigenvalue weighted by Crippen LogP contribution is -2.13. The van der Waals surface area contributed by atoms with E-state index in [0.29, 0.717) is 11.3 Å². The Balaban J connectivity index is 2.81. The number of benzene rings is 1. The Bertz CT molecular complexity index is 304. The predicted molar refractivity (Wildman–Crippen MR) is 50.0 cm³/mol. The largest absolute Gasteiger partial charge is 0.497 e. The van der Waals surface area contributed by atoms with Gasteiger partial charge in [-0.3, -0.25) is 0 Å². The summed E-state index contributed by atoms with van der Waals surface area (Å²) >= 11 is 0. The Labute approximate surface area is 82.1 Å². The third-order valence-electron chi connectivity index (χ3n) is 1.86. The van der Waals surface area contributed by atoms with Crippen molar-refractivity contribution in [3.8, 4) is 5.75 Å². The first-order valence-electron chi connectivity index (χ1n) is 4.09. The number of carbonyl (C=O) groups excluding carboxylic acids is 1. The van der Waals surface area contributed by atoms with Gasteiger partial charge in [0.2, 0.25) is 0 Å². The molecule has 0 aliphatic heterocycles. The summed E-state index contributed by atoms with van der Waals surface area (Å²) in [6.07, 6.45) is -1.23. The Kier molecular flexibility index (Phi) is 3.48. The first-order valence-corrected chi connectivity index (χ1v) is 4.09. The number of esters is 1. The van der Waals surface area contributed by atoms with Crippen molar-refractivity contribution in [3.63, 3.8) is 0 Å². The zero-order chi connectivity index (χ0) is 10.6. The van der Waals surface area contributed by atoms with E-state index in [0.717, 1.165) is 0 Å². The van der Waals surface area contributed by atoms with Crippen LogP contribution in [0.1, 0.15) is 11.7 Å². The summed E-state index contributed by atoms with van der Waals surface area (Å²) in [4.78, 5) is 11.0. The molecular weight excluding hydrogens is 184 g/mol. The molecule has 1 atom stereocenters. The summed E-state index contributed by atoms with van der Waals surface area (Å²) in [5.74, 6) is 0.000910. The topological polar surface area (TPSA) is 55.8 Å². The Morgan fingerprint density at radius 2 is 1.86 bits per heavy atom. The molecule has 0 fully saturated rings. The van der Waals surface area contributed by atoms with Gasteiger partial charge in [-0.2, -0.15) is 0 Å². The lowest BCUT2D eigenvalue weighted by atomic mass is 10.1. The summed E-state index contributed by atoms with van der Waals surface area (Å²) in [6, 6.07) is 6.56. The second-order valence-electron chi connectivity index (χ2n) is 2.70. The molecule has 1 N–H and O–H groups in total. The summed E-state index contributed by atoms with van der Waals surface area (Å²) in [5.41, 5.74) is 0.484. The Hall–Kier alpha value is -1.55. The standard InChI is InChI=1S/C10H12O4/c1-13-8-5-3-7(4-6-8)9(11)10(12)14-2/h3-6,9,11H,1-2H3/t9-/m0/s1. The average molecular weight is 196 g/mol. The number of hydrogen-bond acceptors (Lipinski definition) is 4. The number of carbonyl (C=O) groups is 1. The van der Waals surface area contributed by atoms with Crippen LogP contribution < -0.4 is 4.74 Å². The highest BCUT2D eigenvalue weighted by Gasteiger charge is 2.17. The zero-order valence-corrected chi connectivity index (χ0v) is 8.06. The van der Waals surface area contributed by atoms with Gasteiger partial charge in [-0.25, -0.2) is 4.79 Å². The third kappa shape index (κ3) is 2.23. The highest BCUT2D eigenvalue weighted by Crippen LogP contribution is 2.18. The van der Waals surface area contributed by atoms with Crippen molar-refractivity contribution in [3.05, 3.63) is 29.8 Å². The van der Waals surface area contributed by atoms with Gasteiger partial charge >= 0.3 is 5.97 Å². The number of ether oxygens (including phenoxy) is 2. The van der Waals surface area contributed by atoms with Gasteiger partial charge in [-0.05, 0) is 17.7 Å². The van der Waals surface area contributed by atoms with Crippen LogP contribution in [-0.2, 0) is 9.53 Å². The van der Waals surface area contributed by atoms with Gasteiger partial charge in [0.25, 0.3) is 0 Å². The summed E-state index contributed by atoms with van der Waals surface area (Å²) in [5, 5.41) is 9.44. The number of rotatable bonds is 3. The molecule has 0 aromatic heterocycles. The highest BCUT2D eigenvalue weighted by atomic mass is 16.5. The molecule has 0 radical (unpaired) electrons. The molecule has 0 saturated heterocycles. The SMILES string of the molecule is COC(=O)[C@@H](O)c1ccc(OC)cc1. The van der Waals surface area contributed by atoms with Gasteiger partial charge in [0.1, 0.15) is 5.75 Å². The van der Waals surface area contributed by atoms with E-state index in [1.165, 1.54) is 7.11 Å². The van der Waals surface area contributed by atoms with Crippen LogP contribution in [0.2, 0.25) is 0 Å². The Morgan fingerprint density at radius 3 is 2.29 bits per heavy atom. The van der Waals surface area contributed by atoms with E-state index in [-0.39, 0.29) is 0 Å². The number of aliphatic hydroxyl groups excluding tert-OH is 1.